The molecule has 0 aliphatic carbocycles. The SMILES string of the molecule is COCCN(CC(F)F)C(=O)Cc1ccc(NS(=O)(=O)c2ccc(F)cc2)cc1. The van der Waals surface area contributed by atoms with Gasteiger partial charge in [-0.3, -0.25) is 9.52 Å². The van der Waals surface area contributed by atoms with E-state index in [9.17, 15) is 26.4 Å². The Balaban J connectivity index is 2.03. The summed E-state index contributed by atoms with van der Waals surface area (Å²) in [7, 11) is -2.48. The molecule has 29 heavy (non-hydrogen) atoms. The number of sulfonamides is 1. The number of ether oxygens (including phenoxy) is 1. The van der Waals surface area contributed by atoms with Gasteiger partial charge in [-0.25, -0.2) is 21.6 Å². The molecule has 0 unspecified atom stereocenters. The van der Waals surface area contributed by atoms with Crippen LogP contribution in [0, 0.1) is 5.82 Å². The van der Waals surface area contributed by atoms with Crippen LogP contribution in [0.4, 0.5) is 18.9 Å². The van der Waals surface area contributed by atoms with Crippen LogP contribution in [-0.4, -0.2) is 52.5 Å². The van der Waals surface area contributed by atoms with Crippen molar-refractivity contribution < 1.29 is 31.1 Å². The molecule has 0 saturated carbocycles. The van der Waals surface area contributed by atoms with Crippen molar-refractivity contribution in [1.82, 2.24) is 4.90 Å². The summed E-state index contributed by atoms with van der Waals surface area (Å²) in [4.78, 5) is 13.2. The second kappa shape index (κ2) is 10.3. The van der Waals surface area contributed by atoms with Gasteiger partial charge >= 0.3 is 0 Å². The number of methoxy groups -OCH3 is 1. The van der Waals surface area contributed by atoms with Crippen molar-refractivity contribution in [3.05, 3.63) is 59.9 Å². The minimum Gasteiger partial charge on any atom is -0.383 e. The second-order valence-corrected chi connectivity index (χ2v) is 7.84. The van der Waals surface area contributed by atoms with Crippen LogP contribution in [0.5, 0.6) is 0 Å². The minimum atomic E-state index is -3.89. The fourth-order valence-corrected chi connectivity index (χ4v) is 3.55. The molecule has 6 nitrogen and oxygen atoms in total. The molecule has 0 radical (unpaired) electrons. The van der Waals surface area contributed by atoms with Gasteiger partial charge in [0.1, 0.15) is 5.82 Å². The van der Waals surface area contributed by atoms with E-state index in [2.05, 4.69) is 4.72 Å². The Bertz CT molecular complexity index is 904. The van der Waals surface area contributed by atoms with Crippen LogP contribution < -0.4 is 4.72 Å². The smallest absolute Gasteiger partial charge is 0.261 e. The van der Waals surface area contributed by atoms with Crippen molar-refractivity contribution in [1.29, 1.82) is 0 Å². The first-order valence-electron chi connectivity index (χ1n) is 8.63. The molecule has 0 saturated heterocycles. The van der Waals surface area contributed by atoms with Crippen LogP contribution in [-0.2, 0) is 26.0 Å². The van der Waals surface area contributed by atoms with Crippen molar-refractivity contribution in [2.24, 2.45) is 0 Å². The molecule has 158 valence electrons. The number of nitrogens with zero attached hydrogens (tertiary/aromatic N) is 1. The maximum absolute atomic E-state index is 13.0. The average molecular weight is 430 g/mol. The van der Waals surface area contributed by atoms with E-state index in [-0.39, 0.29) is 30.2 Å². The van der Waals surface area contributed by atoms with Crippen molar-refractivity contribution in [3.63, 3.8) is 0 Å². The summed E-state index contributed by atoms with van der Waals surface area (Å²) in [5.41, 5.74) is 0.783. The minimum absolute atomic E-state index is 0.0508. The number of anilines is 1. The summed E-state index contributed by atoms with van der Waals surface area (Å²) in [5.74, 6) is -1.04. The number of benzene rings is 2. The Morgan fingerprint density at radius 1 is 1.10 bits per heavy atom. The summed E-state index contributed by atoms with van der Waals surface area (Å²) < 4.78 is 70.0. The Morgan fingerprint density at radius 3 is 2.28 bits per heavy atom. The number of carbonyl (C=O) groups excluding carboxylic acids is 1. The number of carbonyl (C=O) groups is 1. The number of amides is 1. The molecule has 0 heterocycles. The number of hydrogen-bond acceptors (Lipinski definition) is 4. The molecule has 0 bridgehead atoms. The van der Waals surface area contributed by atoms with Gasteiger partial charge in [-0.05, 0) is 42.0 Å². The second-order valence-electron chi connectivity index (χ2n) is 6.16. The first-order valence-corrected chi connectivity index (χ1v) is 10.1. The number of hydrogen-bond donors (Lipinski definition) is 1. The zero-order valence-corrected chi connectivity index (χ0v) is 16.5. The lowest BCUT2D eigenvalue weighted by atomic mass is 10.1. The molecule has 1 N–H and O–H groups in total. The highest BCUT2D eigenvalue weighted by atomic mass is 32.2. The van der Waals surface area contributed by atoms with Gasteiger partial charge in [0.2, 0.25) is 5.91 Å². The highest BCUT2D eigenvalue weighted by molar-refractivity contribution is 7.92. The Kier molecular flexibility index (Phi) is 8.03. The quantitative estimate of drug-likeness (QED) is 0.629. The van der Waals surface area contributed by atoms with Crippen LogP contribution in [0.15, 0.2) is 53.4 Å². The molecular weight excluding hydrogens is 409 g/mol. The molecule has 1 amide bonds. The molecule has 0 aliphatic rings. The van der Waals surface area contributed by atoms with E-state index in [1.807, 2.05) is 0 Å². The third-order valence-corrected chi connectivity index (χ3v) is 5.36. The van der Waals surface area contributed by atoms with Crippen LogP contribution in [0.2, 0.25) is 0 Å². The predicted molar refractivity (Wildman–Crippen MR) is 102 cm³/mol. The van der Waals surface area contributed by atoms with E-state index in [0.717, 1.165) is 29.2 Å². The molecule has 10 heteroatoms. The highest BCUT2D eigenvalue weighted by Crippen LogP contribution is 2.17. The third-order valence-electron chi connectivity index (χ3n) is 3.96. The zero-order valence-electron chi connectivity index (χ0n) is 15.6. The van der Waals surface area contributed by atoms with Crippen LogP contribution in [0.25, 0.3) is 0 Å². The van der Waals surface area contributed by atoms with Gasteiger partial charge in [0.05, 0.1) is 24.5 Å². The summed E-state index contributed by atoms with van der Waals surface area (Å²) in [6.07, 6.45) is -2.76. The standard InChI is InChI=1S/C19H21F3N2O4S/c1-28-11-10-24(13-18(21)22)19(25)12-14-2-6-16(7-3-14)23-29(26,27)17-8-4-15(20)5-9-17/h2-9,18,23H,10-13H2,1H3. The topological polar surface area (TPSA) is 75.7 Å². The molecule has 0 spiro atoms. The fourth-order valence-electron chi connectivity index (χ4n) is 2.49. The van der Waals surface area contributed by atoms with Crippen molar-refractivity contribution in [2.45, 2.75) is 17.7 Å². The molecule has 2 rings (SSSR count). The van der Waals surface area contributed by atoms with Crippen LogP contribution in [0.1, 0.15) is 5.56 Å². The van der Waals surface area contributed by atoms with Gasteiger partial charge in [0.25, 0.3) is 16.4 Å². The first kappa shape index (κ1) is 22.7. The van der Waals surface area contributed by atoms with Gasteiger partial charge in [0.15, 0.2) is 0 Å². The Morgan fingerprint density at radius 2 is 1.72 bits per heavy atom. The molecular formula is C19H21F3N2O4S. The zero-order chi connectivity index (χ0) is 21.4. The summed E-state index contributed by atoms with van der Waals surface area (Å²) in [6, 6.07) is 10.3. The lowest BCUT2D eigenvalue weighted by Crippen LogP contribution is -2.38. The number of rotatable bonds is 10. The average Bonchev–Trinajstić information content (AvgIpc) is 2.66. The van der Waals surface area contributed by atoms with Gasteiger partial charge in [0, 0.05) is 19.3 Å². The number of halogens is 3. The first-order chi connectivity index (χ1) is 13.7. The maximum Gasteiger partial charge on any atom is 0.261 e. The molecule has 0 aromatic heterocycles. The molecule has 0 atom stereocenters. The van der Waals surface area contributed by atoms with Gasteiger partial charge in [-0.15, -0.1) is 0 Å². The fraction of sp³-hybridized carbons (Fsp3) is 0.316. The van der Waals surface area contributed by atoms with Crippen LogP contribution >= 0.6 is 0 Å². The monoisotopic (exact) mass is 430 g/mol. The van der Waals surface area contributed by atoms with E-state index in [1.165, 1.54) is 31.4 Å². The predicted octanol–water partition coefficient (Wildman–Crippen LogP) is 2.91. The van der Waals surface area contributed by atoms with E-state index in [1.54, 1.807) is 0 Å². The lowest BCUT2D eigenvalue weighted by molar-refractivity contribution is -0.133. The Labute approximate surface area is 167 Å². The van der Waals surface area contributed by atoms with Crippen molar-refractivity contribution in [2.75, 3.05) is 31.5 Å². The lowest BCUT2D eigenvalue weighted by Gasteiger charge is -2.22. The van der Waals surface area contributed by atoms with Gasteiger partial charge in [-0.2, -0.15) is 0 Å². The molecule has 2 aromatic rings. The molecule has 0 aliphatic heterocycles. The Hall–Kier alpha value is -2.59. The normalized spacial score (nSPS) is 11.5. The highest BCUT2D eigenvalue weighted by Gasteiger charge is 2.19. The molecule has 0 fully saturated rings. The van der Waals surface area contributed by atoms with E-state index in [4.69, 9.17) is 4.74 Å². The third kappa shape index (κ3) is 7.06. The summed E-state index contributed by atoms with van der Waals surface area (Å²) >= 11 is 0. The van der Waals surface area contributed by atoms with Gasteiger partial charge in [-0.1, -0.05) is 12.1 Å². The summed E-state index contributed by atoms with van der Waals surface area (Å²) in [6.45, 7) is -0.491. The van der Waals surface area contributed by atoms with E-state index >= 15 is 0 Å². The van der Waals surface area contributed by atoms with Crippen molar-refractivity contribution in [3.8, 4) is 0 Å². The number of nitrogens with one attached hydrogen (secondary N) is 1. The summed E-state index contributed by atoms with van der Waals surface area (Å²) in [5, 5.41) is 0. The van der Waals surface area contributed by atoms with E-state index < -0.39 is 34.7 Å². The largest absolute Gasteiger partial charge is 0.383 e. The van der Waals surface area contributed by atoms with Crippen molar-refractivity contribution >= 4 is 21.6 Å². The molecule has 2 aromatic carbocycles. The number of alkyl halides is 2. The van der Waals surface area contributed by atoms with E-state index in [0.29, 0.717) is 5.56 Å². The van der Waals surface area contributed by atoms with Gasteiger partial charge < -0.3 is 9.64 Å². The van der Waals surface area contributed by atoms with Crippen LogP contribution in [0.3, 0.4) is 0 Å². The maximum atomic E-state index is 13.0.